The standard InChI is InChI=1S/C11H11Cl2NO4S/c12-8-2-1-3-9(10(8)13)19(17,18)14-7-4-6(5-7)11(15)16/h1-3,6-7,14H,4-5H2,(H,15,16). The SMILES string of the molecule is O=C(O)C1CC(NS(=O)(=O)c2cccc(Cl)c2Cl)C1. The molecule has 0 radical (unpaired) electrons. The van der Waals surface area contributed by atoms with Gasteiger partial charge in [-0.1, -0.05) is 29.3 Å². The quantitative estimate of drug-likeness (QED) is 0.889. The van der Waals surface area contributed by atoms with Crippen LogP contribution in [0.1, 0.15) is 12.8 Å². The number of aliphatic carboxylic acids is 1. The summed E-state index contributed by atoms with van der Waals surface area (Å²) in [5.41, 5.74) is 0. The van der Waals surface area contributed by atoms with Gasteiger partial charge in [-0.3, -0.25) is 4.79 Å². The van der Waals surface area contributed by atoms with Gasteiger partial charge in [-0.25, -0.2) is 13.1 Å². The van der Waals surface area contributed by atoms with Gasteiger partial charge in [0.15, 0.2) is 0 Å². The van der Waals surface area contributed by atoms with Gasteiger partial charge in [0.2, 0.25) is 10.0 Å². The molecule has 1 aromatic rings. The van der Waals surface area contributed by atoms with E-state index in [4.69, 9.17) is 28.3 Å². The summed E-state index contributed by atoms with van der Waals surface area (Å²) in [6, 6.07) is 3.96. The van der Waals surface area contributed by atoms with Crippen molar-refractivity contribution in [1.82, 2.24) is 4.72 Å². The highest BCUT2D eigenvalue weighted by Gasteiger charge is 2.37. The Labute approximate surface area is 120 Å². The van der Waals surface area contributed by atoms with Crippen molar-refractivity contribution in [2.75, 3.05) is 0 Å². The molecule has 19 heavy (non-hydrogen) atoms. The number of nitrogens with one attached hydrogen (secondary N) is 1. The van der Waals surface area contributed by atoms with Gasteiger partial charge < -0.3 is 5.11 Å². The summed E-state index contributed by atoms with van der Waals surface area (Å²) in [5, 5.41) is 8.85. The van der Waals surface area contributed by atoms with E-state index in [2.05, 4.69) is 4.72 Å². The molecular weight excluding hydrogens is 313 g/mol. The molecule has 8 heteroatoms. The molecule has 0 aromatic heterocycles. The minimum atomic E-state index is -3.78. The van der Waals surface area contributed by atoms with Crippen LogP contribution in [-0.2, 0) is 14.8 Å². The molecule has 0 amide bonds. The maximum absolute atomic E-state index is 12.1. The van der Waals surface area contributed by atoms with E-state index in [9.17, 15) is 13.2 Å². The molecule has 0 spiro atoms. The molecule has 2 rings (SSSR count). The number of carbonyl (C=O) groups is 1. The monoisotopic (exact) mass is 323 g/mol. The van der Waals surface area contributed by atoms with Gasteiger partial charge in [0.1, 0.15) is 4.90 Å². The van der Waals surface area contributed by atoms with Crippen molar-refractivity contribution >= 4 is 39.2 Å². The predicted octanol–water partition coefficient (Wildman–Crippen LogP) is 2.13. The minimum Gasteiger partial charge on any atom is -0.481 e. The van der Waals surface area contributed by atoms with Crippen molar-refractivity contribution in [3.63, 3.8) is 0 Å². The van der Waals surface area contributed by atoms with Gasteiger partial charge in [0.25, 0.3) is 0 Å². The van der Waals surface area contributed by atoms with E-state index in [0.717, 1.165) is 0 Å². The van der Waals surface area contributed by atoms with E-state index in [1.807, 2.05) is 0 Å². The maximum atomic E-state index is 12.1. The molecule has 1 fully saturated rings. The van der Waals surface area contributed by atoms with Crippen LogP contribution < -0.4 is 4.72 Å². The van der Waals surface area contributed by atoms with Crippen molar-refractivity contribution in [3.05, 3.63) is 28.2 Å². The van der Waals surface area contributed by atoms with Crippen LogP contribution in [0.4, 0.5) is 0 Å². The molecule has 0 aliphatic heterocycles. The zero-order valence-electron chi connectivity index (χ0n) is 9.64. The van der Waals surface area contributed by atoms with Crippen LogP contribution in [0.5, 0.6) is 0 Å². The lowest BCUT2D eigenvalue weighted by molar-refractivity contribution is -0.145. The summed E-state index contributed by atoms with van der Waals surface area (Å²) in [6.45, 7) is 0. The maximum Gasteiger partial charge on any atom is 0.306 e. The summed E-state index contributed by atoms with van der Waals surface area (Å²) >= 11 is 11.6. The molecule has 0 saturated heterocycles. The predicted molar refractivity (Wildman–Crippen MR) is 70.9 cm³/mol. The number of carboxylic acid groups (broad SMARTS) is 1. The van der Waals surface area contributed by atoms with Gasteiger partial charge >= 0.3 is 5.97 Å². The lowest BCUT2D eigenvalue weighted by atomic mass is 9.81. The van der Waals surface area contributed by atoms with Crippen LogP contribution in [0.3, 0.4) is 0 Å². The van der Waals surface area contributed by atoms with Crippen LogP contribution in [0.15, 0.2) is 23.1 Å². The fourth-order valence-corrected chi connectivity index (χ4v) is 3.91. The third kappa shape index (κ3) is 3.02. The molecule has 0 bridgehead atoms. The van der Waals surface area contributed by atoms with Crippen molar-refractivity contribution in [1.29, 1.82) is 0 Å². The average Bonchev–Trinajstić information content (AvgIpc) is 2.26. The van der Waals surface area contributed by atoms with Crippen molar-refractivity contribution in [2.24, 2.45) is 5.92 Å². The van der Waals surface area contributed by atoms with E-state index in [1.165, 1.54) is 18.2 Å². The second-order valence-electron chi connectivity index (χ2n) is 4.38. The molecule has 104 valence electrons. The largest absolute Gasteiger partial charge is 0.481 e. The lowest BCUT2D eigenvalue weighted by Gasteiger charge is -2.32. The Morgan fingerprint density at radius 3 is 2.53 bits per heavy atom. The average molecular weight is 324 g/mol. The van der Waals surface area contributed by atoms with Crippen molar-refractivity contribution in [2.45, 2.75) is 23.8 Å². The fraction of sp³-hybridized carbons (Fsp3) is 0.364. The van der Waals surface area contributed by atoms with Crippen molar-refractivity contribution < 1.29 is 18.3 Å². The Kier molecular flexibility index (Phi) is 4.06. The van der Waals surface area contributed by atoms with E-state index in [1.54, 1.807) is 0 Å². The fourth-order valence-electron chi connectivity index (χ4n) is 1.89. The molecule has 0 atom stereocenters. The third-order valence-electron chi connectivity index (χ3n) is 3.01. The Morgan fingerprint density at radius 1 is 1.32 bits per heavy atom. The normalized spacial score (nSPS) is 22.8. The van der Waals surface area contributed by atoms with E-state index in [0.29, 0.717) is 0 Å². The summed E-state index contributed by atoms with van der Waals surface area (Å²) < 4.78 is 26.6. The molecule has 0 heterocycles. The van der Waals surface area contributed by atoms with Crippen LogP contribution in [0.25, 0.3) is 0 Å². The molecule has 1 aromatic carbocycles. The Balaban J connectivity index is 2.12. The van der Waals surface area contributed by atoms with Crippen LogP contribution in [0.2, 0.25) is 10.0 Å². The molecule has 1 aliphatic rings. The highest BCUT2D eigenvalue weighted by molar-refractivity contribution is 7.89. The number of sulfonamides is 1. The minimum absolute atomic E-state index is 0.0363. The summed E-state index contributed by atoms with van der Waals surface area (Å²) in [7, 11) is -3.78. The van der Waals surface area contributed by atoms with Crippen LogP contribution in [0, 0.1) is 5.92 Å². The first-order valence-electron chi connectivity index (χ1n) is 5.50. The summed E-state index contributed by atoms with van der Waals surface area (Å²) in [6.07, 6.45) is 0.569. The lowest BCUT2D eigenvalue weighted by Crippen LogP contribution is -2.46. The first kappa shape index (κ1) is 14.6. The smallest absolute Gasteiger partial charge is 0.306 e. The number of carboxylic acids is 1. The molecule has 1 aliphatic carbocycles. The van der Waals surface area contributed by atoms with E-state index in [-0.39, 0.29) is 33.8 Å². The number of hydrogen-bond donors (Lipinski definition) is 2. The van der Waals surface area contributed by atoms with E-state index >= 15 is 0 Å². The van der Waals surface area contributed by atoms with Crippen LogP contribution in [-0.4, -0.2) is 25.5 Å². The Bertz CT molecular complexity index is 611. The third-order valence-corrected chi connectivity index (χ3v) is 5.51. The molecule has 2 N–H and O–H groups in total. The molecule has 1 saturated carbocycles. The topological polar surface area (TPSA) is 83.5 Å². The number of benzene rings is 1. The zero-order valence-corrected chi connectivity index (χ0v) is 12.0. The zero-order chi connectivity index (χ0) is 14.2. The Hall–Kier alpha value is -0.820. The first-order chi connectivity index (χ1) is 8.81. The molecule has 5 nitrogen and oxygen atoms in total. The van der Waals surface area contributed by atoms with Gasteiger partial charge in [-0.15, -0.1) is 0 Å². The van der Waals surface area contributed by atoms with Crippen molar-refractivity contribution in [3.8, 4) is 0 Å². The number of rotatable bonds is 4. The van der Waals surface area contributed by atoms with Gasteiger partial charge in [0.05, 0.1) is 16.0 Å². The Morgan fingerprint density at radius 2 is 1.95 bits per heavy atom. The van der Waals surface area contributed by atoms with Gasteiger partial charge in [0, 0.05) is 6.04 Å². The highest BCUT2D eigenvalue weighted by atomic mass is 35.5. The van der Waals surface area contributed by atoms with E-state index < -0.39 is 21.9 Å². The second kappa shape index (κ2) is 5.28. The van der Waals surface area contributed by atoms with Gasteiger partial charge in [-0.05, 0) is 25.0 Å². The molecular formula is C11H11Cl2NO4S. The number of halogens is 2. The molecule has 0 unspecified atom stereocenters. The summed E-state index contributed by atoms with van der Waals surface area (Å²) in [5.74, 6) is -1.39. The summed E-state index contributed by atoms with van der Waals surface area (Å²) in [4.78, 5) is 10.5. The number of hydrogen-bond acceptors (Lipinski definition) is 3. The highest BCUT2D eigenvalue weighted by Crippen LogP contribution is 2.32. The van der Waals surface area contributed by atoms with Gasteiger partial charge in [-0.2, -0.15) is 0 Å². The first-order valence-corrected chi connectivity index (χ1v) is 7.74. The second-order valence-corrected chi connectivity index (χ2v) is 6.84. The van der Waals surface area contributed by atoms with Crippen LogP contribution >= 0.6 is 23.2 Å².